The van der Waals surface area contributed by atoms with Crippen molar-refractivity contribution in [1.82, 2.24) is 9.55 Å². The van der Waals surface area contributed by atoms with E-state index >= 15 is 0 Å². The molecule has 0 atom stereocenters. The van der Waals surface area contributed by atoms with Crippen LogP contribution in [0.5, 0.6) is 0 Å². The minimum absolute atomic E-state index is 0.746. The van der Waals surface area contributed by atoms with Crippen LogP contribution in [-0.2, 0) is 6.54 Å². The summed E-state index contributed by atoms with van der Waals surface area (Å²) in [5.41, 5.74) is 3.42. The molecular weight excluding hydrogens is 373 g/mol. The molecule has 1 aromatic heterocycles. The third-order valence-corrected chi connectivity index (χ3v) is 3.99. The highest BCUT2D eigenvalue weighted by atomic mass is 127. The Kier molecular flexibility index (Phi) is 4.24. The SMILES string of the molecule is Cc1ncc(CNc2cccc(I)c2)n1-c1ccccc1. The summed E-state index contributed by atoms with van der Waals surface area (Å²) in [7, 11) is 0. The molecule has 0 aliphatic carbocycles. The summed E-state index contributed by atoms with van der Waals surface area (Å²) in [6.45, 7) is 2.78. The second-order valence-electron chi connectivity index (χ2n) is 4.83. The van der Waals surface area contributed by atoms with E-state index in [1.165, 1.54) is 3.57 Å². The van der Waals surface area contributed by atoms with Crippen LogP contribution in [-0.4, -0.2) is 9.55 Å². The molecule has 3 rings (SSSR count). The van der Waals surface area contributed by atoms with Crippen LogP contribution >= 0.6 is 22.6 Å². The second-order valence-corrected chi connectivity index (χ2v) is 6.08. The molecule has 106 valence electrons. The third-order valence-electron chi connectivity index (χ3n) is 3.32. The van der Waals surface area contributed by atoms with Crippen LogP contribution < -0.4 is 5.32 Å². The first kappa shape index (κ1) is 14.1. The molecule has 21 heavy (non-hydrogen) atoms. The quantitative estimate of drug-likeness (QED) is 0.671. The first-order valence-electron chi connectivity index (χ1n) is 6.82. The Morgan fingerprint density at radius 2 is 1.90 bits per heavy atom. The number of hydrogen-bond donors (Lipinski definition) is 1. The van der Waals surface area contributed by atoms with Crippen molar-refractivity contribution in [3.05, 3.63) is 75.9 Å². The number of nitrogens with one attached hydrogen (secondary N) is 1. The van der Waals surface area contributed by atoms with E-state index in [1.807, 2.05) is 31.3 Å². The van der Waals surface area contributed by atoms with Crippen molar-refractivity contribution in [1.29, 1.82) is 0 Å². The number of imidazole rings is 1. The van der Waals surface area contributed by atoms with Gasteiger partial charge in [0.25, 0.3) is 0 Å². The van der Waals surface area contributed by atoms with Crippen molar-refractivity contribution in [2.24, 2.45) is 0 Å². The van der Waals surface area contributed by atoms with Crippen LogP contribution in [0.4, 0.5) is 5.69 Å². The maximum absolute atomic E-state index is 4.44. The molecule has 0 aliphatic rings. The summed E-state index contributed by atoms with van der Waals surface area (Å²) in [4.78, 5) is 4.44. The molecule has 0 radical (unpaired) electrons. The largest absolute Gasteiger partial charge is 0.379 e. The predicted molar refractivity (Wildman–Crippen MR) is 94.8 cm³/mol. The number of aryl methyl sites for hydroxylation is 1. The number of anilines is 1. The number of hydrogen-bond acceptors (Lipinski definition) is 2. The van der Waals surface area contributed by atoms with Gasteiger partial charge in [0.1, 0.15) is 5.82 Å². The zero-order chi connectivity index (χ0) is 14.7. The number of nitrogens with zero attached hydrogens (tertiary/aromatic N) is 2. The summed E-state index contributed by atoms with van der Waals surface area (Å²) in [6.07, 6.45) is 1.93. The molecule has 0 saturated carbocycles. The summed E-state index contributed by atoms with van der Waals surface area (Å²) in [5, 5.41) is 3.46. The summed E-state index contributed by atoms with van der Waals surface area (Å²) in [6, 6.07) is 18.7. The Bertz CT molecular complexity index is 735. The lowest BCUT2D eigenvalue weighted by atomic mass is 10.3. The third kappa shape index (κ3) is 3.26. The van der Waals surface area contributed by atoms with Gasteiger partial charge in [0.15, 0.2) is 0 Å². The highest BCUT2D eigenvalue weighted by Crippen LogP contribution is 2.17. The molecule has 0 spiro atoms. The molecule has 0 fully saturated rings. The van der Waals surface area contributed by atoms with E-state index < -0.39 is 0 Å². The molecule has 0 aliphatic heterocycles. The first-order chi connectivity index (χ1) is 10.2. The fourth-order valence-corrected chi connectivity index (χ4v) is 2.88. The Morgan fingerprint density at radius 1 is 1.10 bits per heavy atom. The standard InChI is InChI=1S/C17H16IN3/c1-13-19-11-17(21(13)16-8-3-2-4-9-16)12-20-15-7-5-6-14(18)10-15/h2-11,20H,12H2,1H3. The Balaban J connectivity index is 1.84. The highest BCUT2D eigenvalue weighted by Gasteiger charge is 2.08. The van der Waals surface area contributed by atoms with Gasteiger partial charge in [-0.15, -0.1) is 0 Å². The average Bonchev–Trinajstić information content (AvgIpc) is 2.87. The number of benzene rings is 2. The van der Waals surface area contributed by atoms with Gasteiger partial charge in [-0.1, -0.05) is 24.3 Å². The van der Waals surface area contributed by atoms with Crippen molar-refractivity contribution in [3.63, 3.8) is 0 Å². The Labute approximate surface area is 138 Å². The molecule has 0 saturated heterocycles. The summed E-state index contributed by atoms with van der Waals surface area (Å²) >= 11 is 2.32. The van der Waals surface area contributed by atoms with E-state index in [0.717, 1.165) is 29.4 Å². The van der Waals surface area contributed by atoms with Gasteiger partial charge < -0.3 is 5.32 Å². The smallest absolute Gasteiger partial charge is 0.110 e. The van der Waals surface area contributed by atoms with Crippen LogP contribution in [0.25, 0.3) is 5.69 Å². The lowest BCUT2D eigenvalue weighted by molar-refractivity contribution is 0.900. The van der Waals surface area contributed by atoms with E-state index in [2.05, 4.69) is 73.9 Å². The van der Waals surface area contributed by atoms with Crippen LogP contribution in [0.2, 0.25) is 0 Å². The predicted octanol–water partition coefficient (Wildman–Crippen LogP) is 4.40. The molecule has 1 heterocycles. The van der Waals surface area contributed by atoms with Gasteiger partial charge in [-0.25, -0.2) is 4.98 Å². The van der Waals surface area contributed by atoms with E-state index in [1.54, 1.807) is 0 Å². The number of para-hydroxylation sites is 1. The molecule has 0 amide bonds. The van der Waals surface area contributed by atoms with Gasteiger partial charge in [0, 0.05) is 14.9 Å². The lowest BCUT2D eigenvalue weighted by Gasteiger charge is -2.12. The molecule has 1 N–H and O–H groups in total. The maximum Gasteiger partial charge on any atom is 0.110 e. The molecular formula is C17H16IN3. The van der Waals surface area contributed by atoms with Gasteiger partial charge >= 0.3 is 0 Å². The normalized spacial score (nSPS) is 10.6. The maximum atomic E-state index is 4.44. The van der Waals surface area contributed by atoms with E-state index in [4.69, 9.17) is 0 Å². The van der Waals surface area contributed by atoms with E-state index in [-0.39, 0.29) is 0 Å². The first-order valence-corrected chi connectivity index (χ1v) is 7.90. The van der Waals surface area contributed by atoms with Crippen molar-refractivity contribution in [3.8, 4) is 5.69 Å². The Hall–Kier alpha value is -1.82. The fraction of sp³-hybridized carbons (Fsp3) is 0.118. The van der Waals surface area contributed by atoms with Gasteiger partial charge in [-0.3, -0.25) is 4.57 Å². The number of aromatic nitrogens is 2. The van der Waals surface area contributed by atoms with Gasteiger partial charge in [0.2, 0.25) is 0 Å². The minimum Gasteiger partial charge on any atom is -0.379 e. The monoisotopic (exact) mass is 389 g/mol. The summed E-state index contributed by atoms with van der Waals surface area (Å²) < 4.78 is 3.41. The van der Waals surface area contributed by atoms with E-state index in [0.29, 0.717) is 0 Å². The van der Waals surface area contributed by atoms with E-state index in [9.17, 15) is 0 Å². The second kappa shape index (κ2) is 6.30. The highest BCUT2D eigenvalue weighted by molar-refractivity contribution is 14.1. The van der Waals surface area contributed by atoms with Crippen LogP contribution in [0.1, 0.15) is 11.5 Å². The Morgan fingerprint density at radius 3 is 2.67 bits per heavy atom. The van der Waals surface area contributed by atoms with Crippen LogP contribution in [0, 0.1) is 10.5 Å². The molecule has 2 aromatic carbocycles. The van der Waals surface area contributed by atoms with Crippen molar-refractivity contribution < 1.29 is 0 Å². The molecule has 3 nitrogen and oxygen atoms in total. The van der Waals surface area contributed by atoms with Crippen molar-refractivity contribution in [2.75, 3.05) is 5.32 Å². The van der Waals surface area contributed by atoms with Crippen molar-refractivity contribution >= 4 is 28.3 Å². The van der Waals surface area contributed by atoms with Crippen LogP contribution in [0.3, 0.4) is 0 Å². The zero-order valence-corrected chi connectivity index (χ0v) is 13.9. The molecule has 0 unspecified atom stereocenters. The summed E-state index contributed by atoms with van der Waals surface area (Å²) in [5.74, 6) is 1.00. The molecule has 0 bridgehead atoms. The zero-order valence-electron chi connectivity index (χ0n) is 11.8. The fourth-order valence-electron chi connectivity index (χ4n) is 2.34. The molecule has 3 aromatic rings. The number of halogens is 1. The van der Waals surface area contributed by atoms with Gasteiger partial charge in [0.05, 0.1) is 18.4 Å². The number of rotatable bonds is 4. The van der Waals surface area contributed by atoms with Gasteiger partial charge in [-0.05, 0) is 59.8 Å². The lowest BCUT2D eigenvalue weighted by Crippen LogP contribution is -2.07. The van der Waals surface area contributed by atoms with Crippen molar-refractivity contribution in [2.45, 2.75) is 13.5 Å². The topological polar surface area (TPSA) is 29.9 Å². The van der Waals surface area contributed by atoms with Gasteiger partial charge in [-0.2, -0.15) is 0 Å². The van der Waals surface area contributed by atoms with Crippen LogP contribution in [0.15, 0.2) is 60.8 Å². The molecule has 4 heteroatoms. The average molecular weight is 389 g/mol. The minimum atomic E-state index is 0.746.